The van der Waals surface area contributed by atoms with E-state index in [1.54, 1.807) is 0 Å². The Kier molecular flexibility index (Phi) is 5.52. The Morgan fingerprint density at radius 1 is 1.27 bits per heavy atom. The predicted octanol–water partition coefficient (Wildman–Crippen LogP) is 3.65. The topological polar surface area (TPSA) is 77.3 Å². The molecule has 22 heavy (non-hydrogen) atoms. The number of benzene rings is 1. The van der Waals surface area contributed by atoms with E-state index in [1.807, 2.05) is 45.0 Å². The lowest BCUT2D eigenvalue weighted by Crippen LogP contribution is -2.12. The largest absolute Gasteiger partial charge is 0.491 e. The van der Waals surface area contributed by atoms with Crippen LogP contribution in [0.5, 0.6) is 5.75 Å². The first-order valence-electron chi connectivity index (χ1n) is 7.49. The van der Waals surface area contributed by atoms with Gasteiger partial charge < -0.3 is 10.1 Å². The molecule has 1 N–H and O–H groups in total. The minimum absolute atomic E-state index is 0.0847. The standard InChI is InChI=1S/C16H21N3O3/c1-4-5-6-14(20)17-16-15(18-22-19-16)12-7-9-13(10-8-12)21-11(2)3/h7-11H,4-6H2,1-3H3,(H,17,19,20). The molecular formula is C16H21N3O3. The van der Waals surface area contributed by atoms with Crippen molar-refractivity contribution in [2.24, 2.45) is 0 Å². The average Bonchev–Trinajstić information content (AvgIpc) is 2.93. The van der Waals surface area contributed by atoms with E-state index in [0.29, 0.717) is 17.9 Å². The van der Waals surface area contributed by atoms with Crippen LogP contribution in [-0.4, -0.2) is 22.3 Å². The molecule has 1 heterocycles. The first-order chi connectivity index (χ1) is 10.6. The molecule has 1 aromatic heterocycles. The molecule has 0 bridgehead atoms. The van der Waals surface area contributed by atoms with E-state index in [4.69, 9.17) is 9.37 Å². The van der Waals surface area contributed by atoms with Gasteiger partial charge in [-0.3, -0.25) is 4.79 Å². The quantitative estimate of drug-likeness (QED) is 0.844. The van der Waals surface area contributed by atoms with Crippen LogP contribution in [0.4, 0.5) is 5.82 Å². The number of aromatic nitrogens is 2. The summed E-state index contributed by atoms with van der Waals surface area (Å²) in [4.78, 5) is 11.8. The SMILES string of the molecule is CCCCC(=O)Nc1nonc1-c1ccc(OC(C)C)cc1. The van der Waals surface area contributed by atoms with Crippen LogP contribution in [0.25, 0.3) is 11.3 Å². The van der Waals surface area contributed by atoms with E-state index in [9.17, 15) is 4.79 Å². The van der Waals surface area contributed by atoms with Gasteiger partial charge in [0.2, 0.25) is 11.7 Å². The fourth-order valence-corrected chi connectivity index (χ4v) is 1.96. The first-order valence-corrected chi connectivity index (χ1v) is 7.49. The fraction of sp³-hybridized carbons (Fsp3) is 0.438. The van der Waals surface area contributed by atoms with Gasteiger partial charge in [0.05, 0.1) is 6.10 Å². The molecular weight excluding hydrogens is 282 g/mol. The van der Waals surface area contributed by atoms with Gasteiger partial charge in [-0.2, -0.15) is 0 Å². The third kappa shape index (κ3) is 4.31. The van der Waals surface area contributed by atoms with E-state index in [-0.39, 0.29) is 12.0 Å². The lowest BCUT2D eigenvalue weighted by Gasteiger charge is -2.09. The summed E-state index contributed by atoms with van der Waals surface area (Å²) in [5.74, 6) is 1.04. The van der Waals surface area contributed by atoms with E-state index in [1.165, 1.54) is 0 Å². The van der Waals surface area contributed by atoms with Crippen LogP contribution in [0.1, 0.15) is 40.0 Å². The average molecular weight is 303 g/mol. The summed E-state index contributed by atoms with van der Waals surface area (Å²) in [7, 11) is 0. The highest BCUT2D eigenvalue weighted by atomic mass is 16.6. The van der Waals surface area contributed by atoms with Crippen molar-refractivity contribution in [3.05, 3.63) is 24.3 Å². The van der Waals surface area contributed by atoms with Crippen LogP contribution in [0.2, 0.25) is 0 Å². The van der Waals surface area contributed by atoms with Gasteiger partial charge in [-0.25, -0.2) is 4.63 Å². The Hall–Kier alpha value is -2.37. The number of carbonyl (C=O) groups is 1. The van der Waals surface area contributed by atoms with Gasteiger partial charge in [0.1, 0.15) is 5.75 Å². The van der Waals surface area contributed by atoms with Crippen LogP contribution < -0.4 is 10.1 Å². The predicted molar refractivity (Wildman–Crippen MR) is 83.7 cm³/mol. The molecule has 2 rings (SSSR count). The molecule has 1 aromatic carbocycles. The number of carbonyl (C=O) groups excluding carboxylic acids is 1. The monoisotopic (exact) mass is 303 g/mol. The molecule has 1 amide bonds. The van der Waals surface area contributed by atoms with E-state index >= 15 is 0 Å². The lowest BCUT2D eigenvalue weighted by atomic mass is 10.1. The number of ether oxygens (including phenoxy) is 1. The minimum atomic E-state index is -0.0847. The summed E-state index contributed by atoms with van der Waals surface area (Å²) in [5, 5.41) is 10.4. The second-order valence-electron chi connectivity index (χ2n) is 5.30. The molecule has 118 valence electrons. The fourth-order valence-electron chi connectivity index (χ4n) is 1.96. The van der Waals surface area contributed by atoms with Gasteiger partial charge in [-0.1, -0.05) is 13.3 Å². The number of nitrogens with one attached hydrogen (secondary N) is 1. The lowest BCUT2D eigenvalue weighted by molar-refractivity contribution is -0.116. The summed E-state index contributed by atoms with van der Waals surface area (Å²) < 4.78 is 10.4. The minimum Gasteiger partial charge on any atom is -0.491 e. The van der Waals surface area contributed by atoms with Gasteiger partial charge in [0.15, 0.2) is 5.69 Å². The Morgan fingerprint density at radius 3 is 2.64 bits per heavy atom. The second kappa shape index (κ2) is 7.59. The highest BCUT2D eigenvalue weighted by Crippen LogP contribution is 2.26. The number of rotatable bonds is 7. The summed E-state index contributed by atoms with van der Waals surface area (Å²) in [6.07, 6.45) is 2.39. The smallest absolute Gasteiger partial charge is 0.225 e. The number of hydrogen-bond donors (Lipinski definition) is 1. The molecule has 0 spiro atoms. The van der Waals surface area contributed by atoms with Crippen molar-refractivity contribution >= 4 is 11.7 Å². The van der Waals surface area contributed by atoms with E-state index < -0.39 is 0 Å². The molecule has 0 saturated heterocycles. The van der Waals surface area contributed by atoms with E-state index in [2.05, 4.69) is 15.6 Å². The third-order valence-electron chi connectivity index (χ3n) is 3.00. The van der Waals surface area contributed by atoms with Crippen molar-refractivity contribution < 1.29 is 14.2 Å². The molecule has 0 aliphatic heterocycles. The van der Waals surface area contributed by atoms with Crippen LogP contribution in [-0.2, 0) is 4.79 Å². The van der Waals surface area contributed by atoms with Crippen LogP contribution in [0.3, 0.4) is 0 Å². The number of amides is 1. The highest BCUT2D eigenvalue weighted by Gasteiger charge is 2.15. The van der Waals surface area contributed by atoms with Crippen molar-refractivity contribution in [1.29, 1.82) is 0 Å². The van der Waals surface area contributed by atoms with E-state index in [0.717, 1.165) is 24.2 Å². The van der Waals surface area contributed by atoms with Gasteiger partial charge >= 0.3 is 0 Å². The Labute approximate surface area is 129 Å². The number of nitrogens with zero attached hydrogens (tertiary/aromatic N) is 2. The second-order valence-corrected chi connectivity index (χ2v) is 5.30. The molecule has 0 atom stereocenters. The number of unbranched alkanes of at least 4 members (excludes halogenated alkanes) is 1. The van der Waals surface area contributed by atoms with Crippen LogP contribution in [0.15, 0.2) is 28.9 Å². The zero-order valence-electron chi connectivity index (χ0n) is 13.1. The Balaban J connectivity index is 2.09. The van der Waals surface area contributed by atoms with Gasteiger partial charge in [-0.05, 0) is 54.8 Å². The number of hydrogen-bond acceptors (Lipinski definition) is 5. The maximum absolute atomic E-state index is 11.8. The van der Waals surface area contributed by atoms with Gasteiger partial charge in [0, 0.05) is 12.0 Å². The summed E-state index contributed by atoms with van der Waals surface area (Å²) in [6, 6.07) is 7.43. The molecule has 2 aromatic rings. The molecule has 0 fully saturated rings. The van der Waals surface area contributed by atoms with Crippen molar-refractivity contribution in [2.45, 2.75) is 46.1 Å². The van der Waals surface area contributed by atoms with Crippen molar-refractivity contribution in [1.82, 2.24) is 10.3 Å². The van der Waals surface area contributed by atoms with Crippen molar-refractivity contribution in [3.63, 3.8) is 0 Å². The Morgan fingerprint density at radius 2 is 2.00 bits per heavy atom. The van der Waals surface area contributed by atoms with Crippen LogP contribution >= 0.6 is 0 Å². The molecule has 6 nitrogen and oxygen atoms in total. The summed E-state index contributed by atoms with van der Waals surface area (Å²) in [6.45, 7) is 5.98. The molecule has 0 unspecified atom stereocenters. The first kappa shape index (κ1) is 16.0. The summed E-state index contributed by atoms with van der Waals surface area (Å²) >= 11 is 0. The molecule has 0 radical (unpaired) electrons. The zero-order valence-corrected chi connectivity index (χ0v) is 13.1. The maximum Gasteiger partial charge on any atom is 0.225 e. The maximum atomic E-state index is 11.8. The Bertz CT molecular complexity index is 605. The summed E-state index contributed by atoms with van der Waals surface area (Å²) in [5.41, 5.74) is 1.32. The number of anilines is 1. The molecule has 6 heteroatoms. The highest BCUT2D eigenvalue weighted by molar-refractivity contribution is 5.92. The molecule has 0 aliphatic rings. The van der Waals surface area contributed by atoms with Crippen molar-refractivity contribution in [2.75, 3.05) is 5.32 Å². The van der Waals surface area contributed by atoms with Crippen LogP contribution in [0, 0.1) is 0 Å². The van der Waals surface area contributed by atoms with Crippen molar-refractivity contribution in [3.8, 4) is 17.0 Å². The normalized spacial score (nSPS) is 10.7. The van der Waals surface area contributed by atoms with Gasteiger partial charge in [0.25, 0.3) is 0 Å². The van der Waals surface area contributed by atoms with Gasteiger partial charge in [-0.15, -0.1) is 0 Å². The molecule has 0 saturated carbocycles. The zero-order chi connectivity index (χ0) is 15.9. The molecule has 0 aliphatic carbocycles. The third-order valence-corrected chi connectivity index (χ3v) is 3.00.